The molecular weight excluding hydrogens is 264 g/mol. The summed E-state index contributed by atoms with van der Waals surface area (Å²) in [5.74, 6) is -1.04. The number of urea groups is 1. The lowest BCUT2D eigenvalue weighted by Gasteiger charge is -2.38. The van der Waals surface area contributed by atoms with Crippen LogP contribution in [0.25, 0.3) is 0 Å². The van der Waals surface area contributed by atoms with Crippen LogP contribution in [0.3, 0.4) is 0 Å². The monoisotopic (exact) mass is 290 g/mol. The molecule has 7 heteroatoms. The van der Waals surface area contributed by atoms with Crippen molar-refractivity contribution in [1.29, 1.82) is 0 Å². The molecule has 0 aliphatic rings. The van der Waals surface area contributed by atoms with E-state index in [2.05, 4.69) is 0 Å². The van der Waals surface area contributed by atoms with Gasteiger partial charge in [-0.3, -0.25) is 0 Å². The predicted octanol–water partition coefficient (Wildman–Crippen LogP) is 0.886. The normalized spacial score (nSPS) is 11.2. The third-order valence-corrected chi connectivity index (χ3v) is 3.15. The topological polar surface area (TPSA) is 79.3 Å². The van der Waals surface area contributed by atoms with Crippen molar-refractivity contribution in [3.8, 4) is 0 Å². The van der Waals surface area contributed by atoms with Crippen LogP contribution in [0.15, 0.2) is 0 Å². The molecule has 20 heavy (non-hydrogen) atoms. The van der Waals surface area contributed by atoms with Gasteiger partial charge in [-0.15, -0.1) is 0 Å². The second kappa shape index (κ2) is 8.76. The van der Waals surface area contributed by atoms with E-state index in [9.17, 15) is 14.7 Å². The molecule has 1 N–H and O–H groups in total. The predicted molar refractivity (Wildman–Crippen MR) is 74.8 cm³/mol. The van der Waals surface area contributed by atoms with Gasteiger partial charge in [-0.05, 0) is 20.8 Å². The Labute approximate surface area is 120 Å². The summed E-state index contributed by atoms with van der Waals surface area (Å²) in [5.41, 5.74) is -1.26. The quantitative estimate of drug-likeness (QED) is 0.682. The zero-order valence-corrected chi connectivity index (χ0v) is 13.0. The average Bonchev–Trinajstić information content (AvgIpc) is 2.39. The van der Waals surface area contributed by atoms with Gasteiger partial charge in [0.05, 0.1) is 13.2 Å². The summed E-state index contributed by atoms with van der Waals surface area (Å²) in [7, 11) is 3.11. The maximum atomic E-state index is 12.5. The molecule has 0 saturated heterocycles. The summed E-state index contributed by atoms with van der Waals surface area (Å²) in [5, 5.41) is 9.26. The van der Waals surface area contributed by atoms with Crippen LogP contribution in [0.1, 0.15) is 20.8 Å². The van der Waals surface area contributed by atoms with Gasteiger partial charge in [0.15, 0.2) is 0 Å². The van der Waals surface area contributed by atoms with Crippen molar-refractivity contribution in [2.45, 2.75) is 26.3 Å². The molecule has 0 spiro atoms. The van der Waals surface area contributed by atoms with Crippen LogP contribution in [0.5, 0.6) is 0 Å². The van der Waals surface area contributed by atoms with E-state index in [1.165, 1.54) is 18.7 Å². The van der Waals surface area contributed by atoms with E-state index in [0.717, 1.165) is 0 Å². The van der Waals surface area contributed by atoms with Crippen molar-refractivity contribution in [1.82, 2.24) is 9.80 Å². The zero-order valence-electron chi connectivity index (χ0n) is 13.0. The van der Waals surface area contributed by atoms with E-state index in [0.29, 0.717) is 32.8 Å². The second-order valence-corrected chi connectivity index (χ2v) is 4.86. The number of aliphatic carboxylic acids is 1. The van der Waals surface area contributed by atoms with E-state index in [1.54, 1.807) is 26.0 Å². The van der Waals surface area contributed by atoms with Crippen molar-refractivity contribution in [3.05, 3.63) is 0 Å². The maximum Gasteiger partial charge on any atom is 0.329 e. The van der Waals surface area contributed by atoms with E-state index in [1.807, 2.05) is 0 Å². The fourth-order valence-electron chi connectivity index (χ4n) is 1.76. The lowest BCUT2D eigenvalue weighted by atomic mass is 10.0. The van der Waals surface area contributed by atoms with Gasteiger partial charge in [0, 0.05) is 33.9 Å². The minimum atomic E-state index is -1.26. The lowest BCUT2D eigenvalue weighted by Crippen LogP contribution is -2.57. The number of rotatable bonds is 9. The number of hydrogen-bond acceptors (Lipinski definition) is 4. The lowest BCUT2D eigenvalue weighted by molar-refractivity contribution is -0.147. The van der Waals surface area contributed by atoms with Crippen LogP contribution in [0.4, 0.5) is 4.79 Å². The Balaban J connectivity index is 5.02. The van der Waals surface area contributed by atoms with E-state index in [4.69, 9.17) is 9.47 Å². The van der Waals surface area contributed by atoms with E-state index in [-0.39, 0.29) is 6.03 Å². The highest BCUT2D eigenvalue weighted by atomic mass is 16.5. The minimum absolute atomic E-state index is 0.314. The molecule has 2 amide bonds. The van der Waals surface area contributed by atoms with Gasteiger partial charge in [0.25, 0.3) is 0 Å². The number of hydrogen-bond donors (Lipinski definition) is 1. The fraction of sp³-hybridized carbons (Fsp3) is 0.846. The first-order valence-corrected chi connectivity index (χ1v) is 6.60. The Morgan fingerprint density at radius 3 is 1.85 bits per heavy atom. The maximum absolute atomic E-state index is 12.5. The summed E-state index contributed by atoms with van der Waals surface area (Å²) in [6.07, 6.45) is 0. The molecule has 0 fully saturated rings. The van der Waals surface area contributed by atoms with Gasteiger partial charge < -0.3 is 24.4 Å². The molecule has 118 valence electrons. The Morgan fingerprint density at radius 2 is 1.55 bits per heavy atom. The standard InChI is InChI=1S/C13H26N2O5/c1-6-15(13(2,3)11(16)17)12(18)14(7-9-19-4)8-10-20-5/h6-10H2,1-5H3,(H,16,17). The molecule has 0 saturated carbocycles. The van der Waals surface area contributed by atoms with Crippen molar-refractivity contribution < 1.29 is 24.2 Å². The number of carboxylic acid groups (broad SMARTS) is 1. The highest BCUT2D eigenvalue weighted by Gasteiger charge is 2.38. The molecule has 0 atom stereocenters. The Hall–Kier alpha value is -1.34. The number of carbonyl (C=O) groups is 2. The number of amides is 2. The number of methoxy groups -OCH3 is 2. The largest absolute Gasteiger partial charge is 0.480 e. The number of carbonyl (C=O) groups excluding carboxylic acids is 1. The molecule has 0 heterocycles. The summed E-state index contributed by atoms with van der Waals surface area (Å²) in [6.45, 7) is 6.67. The van der Waals surface area contributed by atoms with Crippen LogP contribution in [-0.2, 0) is 14.3 Å². The van der Waals surface area contributed by atoms with Crippen LogP contribution in [0, 0.1) is 0 Å². The fourth-order valence-corrected chi connectivity index (χ4v) is 1.76. The summed E-state index contributed by atoms with van der Waals surface area (Å²) >= 11 is 0. The third kappa shape index (κ3) is 4.97. The molecule has 0 unspecified atom stereocenters. The van der Waals surface area contributed by atoms with Crippen molar-refractivity contribution in [2.24, 2.45) is 0 Å². The SMILES string of the molecule is CCN(C(=O)N(CCOC)CCOC)C(C)(C)C(=O)O. The van der Waals surface area contributed by atoms with E-state index >= 15 is 0 Å². The molecule has 7 nitrogen and oxygen atoms in total. The molecule has 0 aromatic rings. The van der Waals surface area contributed by atoms with Gasteiger partial charge in [-0.1, -0.05) is 0 Å². The van der Waals surface area contributed by atoms with Gasteiger partial charge in [0.1, 0.15) is 5.54 Å². The molecule has 0 aromatic carbocycles. The first-order valence-electron chi connectivity index (χ1n) is 6.60. The Morgan fingerprint density at radius 1 is 1.10 bits per heavy atom. The Bertz CT molecular complexity index is 312. The van der Waals surface area contributed by atoms with Crippen molar-refractivity contribution >= 4 is 12.0 Å². The number of ether oxygens (including phenoxy) is 2. The highest BCUT2D eigenvalue weighted by Crippen LogP contribution is 2.17. The summed E-state index contributed by atoms with van der Waals surface area (Å²) < 4.78 is 9.96. The second-order valence-electron chi connectivity index (χ2n) is 4.86. The number of carboxylic acids is 1. The van der Waals surface area contributed by atoms with Crippen molar-refractivity contribution in [3.63, 3.8) is 0 Å². The number of nitrogens with zero attached hydrogens (tertiary/aromatic N) is 2. The van der Waals surface area contributed by atoms with Gasteiger partial charge in [-0.2, -0.15) is 0 Å². The first-order chi connectivity index (χ1) is 9.32. The molecule has 0 aromatic heterocycles. The van der Waals surface area contributed by atoms with Gasteiger partial charge >= 0.3 is 12.0 Å². The van der Waals surface area contributed by atoms with Gasteiger partial charge in [-0.25, -0.2) is 9.59 Å². The van der Waals surface area contributed by atoms with Crippen LogP contribution < -0.4 is 0 Å². The van der Waals surface area contributed by atoms with Gasteiger partial charge in [0.2, 0.25) is 0 Å². The zero-order chi connectivity index (χ0) is 15.8. The minimum Gasteiger partial charge on any atom is -0.480 e. The number of likely N-dealkylation sites (N-methyl/N-ethyl adjacent to an activating group) is 1. The average molecular weight is 290 g/mol. The first kappa shape index (κ1) is 18.7. The Kier molecular flexibility index (Phi) is 8.17. The van der Waals surface area contributed by atoms with E-state index < -0.39 is 11.5 Å². The highest BCUT2D eigenvalue weighted by molar-refractivity contribution is 5.85. The molecule has 0 aliphatic heterocycles. The molecule has 0 rings (SSSR count). The molecule has 0 radical (unpaired) electrons. The molecule has 0 bridgehead atoms. The van der Waals surface area contributed by atoms with Crippen molar-refractivity contribution in [2.75, 3.05) is 47.1 Å². The smallest absolute Gasteiger partial charge is 0.329 e. The summed E-state index contributed by atoms with van der Waals surface area (Å²) in [4.78, 5) is 26.7. The van der Waals surface area contributed by atoms with Crippen LogP contribution in [0.2, 0.25) is 0 Å². The summed E-state index contributed by atoms with van der Waals surface area (Å²) in [6, 6.07) is -0.325. The van der Waals surface area contributed by atoms with Crippen LogP contribution >= 0.6 is 0 Å². The van der Waals surface area contributed by atoms with Crippen LogP contribution in [-0.4, -0.2) is 79.5 Å². The third-order valence-electron chi connectivity index (χ3n) is 3.15. The molecular formula is C13H26N2O5. The molecule has 0 aliphatic carbocycles.